The third-order valence-electron chi connectivity index (χ3n) is 5.06. The van der Waals surface area contributed by atoms with Gasteiger partial charge >= 0.3 is 0 Å². The Morgan fingerprint density at radius 2 is 1.68 bits per heavy atom. The maximum Gasteiger partial charge on any atom is 0.270 e. The molecular weight excluding hydrogens is 458 g/mol. The number of amides is 2. The zero-order valence-electron chi connectivity index (χ0n) is 19.6. The normalized spacial score (nSPS) is 12.5. The van der Waals surface area contributed by atoms with Crippen molar-refractivity contribution in [2.75, 3.05) is 40.7 Å². The van der Waals surface area contributed by atoms with Crippen LogP contribution in [0.15, 0.2) is 53.2 Å². The summed E-state index contributed by atoms with van der Waals surface area (Å²) in [6.07, 6.45) is 3.67. The van der Waals surface area contributed by atoms with E-state index in [2.05, 4.69) is 21.6 Å². The second-order valence-electron chi connectivity index (χ2n) is 7.14. The van der Waals surface area contributed by atoms with E-state index in [-0.39, 0.29) is 11.8 Å². The summed E-state index contributed by atoms with van der Waals surface area (Å²) in [5.41, 5.74) is 7.45. The van der Waals surface area contributed by atoms with Gasteiger partial charge in [0.05, 0.1) is 33.4 Å². The summed E-state index contributed by atoms with van der Waals surface area (Å²) in [6, 6.07) is 11.3. The van der Waals surface area contributed by atoms with Crippen molar-refractivity contribution in [3.63, 3.8) is 0 Å². The second kappa shape index (κ2) is 12.1. The van der Waals surface area contributed by atoms with Crippen molar-refractivity contribution in [1.82, 2.24) is 26.6 Å². The molecule has 4 N–H and O–H groups in total. The van der Waals surface area contributed by atoms with Crippen LogP contribution in [-0.2, 0) is 11.3 Å². The molecule has 10 nitrogen and oxygen atoms in total. The highest BCUT2D eigenvalue weighted by atomic mass is 32.2. The molecule has 1 aliphatic rings. The van der Waals surface area contributed by atoms with Gasteiger partial charge in [0.15, 0.2) is 11.5 Å². The molecule has 0 atom stereocenters. The first-order valence-corrected chi connectivity index (χ1v) is 11.7. The number of hydrogen-bond acceptors (Lipinski definition) is 9. The molecule has 0 saturated heterocycles. The lowest BCUT2D eigenvalue weighted by molar-refractivity contribution is -0.118. The van der Waals surface area contributed by atoms with E-state index >= 15 is 0 Å². The van der Waals surface area contributed by atoms with Crippen LogP contribution in [0.25, 0.3) is 0 Å². The van der Waals surface area contributed by atoms with Gasteiger partial charge in [-0.3, -0.25) is 20.0 Å². The lowest BCUT2D eigenvalue weighted by Gasteiger charge is -2.17. The largest absolute Gasteiger partial charge is 0.493 e. The maximum atomic E-state index is 12.7. The number of methoxy groups -OCH3 is 3. The number of carbonyl (C=O) groups excluding carboxylic acids is 2. The van der Waals surface area contributed by atoms with E-state index in [4.69, 9.17) is 14.2 Å². The van der Waals surface area contributed by atoms with E-state index < -0.39 is 0 Å². The average Bonchev–Trinajstić information content (AvgIpc) is 3.35. The molecule has 0 spiro atoms. The Bertz CT molecular complexity index is 1040. The Balaban J connectivity index is 1.49. The molecule has 0 radical (unpaired) electrons. The molecule has 0 aliphatic carbocycles. The van der Waals surface area contributed by atoms with Gasteiger partial charge in [0, 0.05) is 24.2 Å². The smallest absolute Gasteiger partial charge is 0.270 e. The fraction of sp³-hybridized carbons (Fsp3) is 0.304. The summed E-state index contributed by atoms with van der Waals surface area (Å²) in [5, 5.41) is 7.39. The zero-order chi connectivity index (χ0) is 24.5. The molecule has 0 aromatic heterocycles. The van der Waals surface area contributed by atoms with Crippen molar-refractivity contribution in [3.8, 4) is 17.2 Å². The quantitative estimate of drug-likeness (QED) is 0.351. The van der Waals surface area contributed by atoms with Crippen molar-refractivity contribution >= 4 is 23.6 Å². The molecule has 0 bridgehead atoms. The molecular formula is C23H29N5O5S. The third kappa shape index (κ3) is 6.06. The Kier molecular flexibility index (Phi) is 8.88. The molecule has 2 aromatic carbocycles. The number of ether oxygens (including phenoxy) is 3. The summed E-state index contributed by atoms with van der Waals surface area (Å²) in [4.78, 5) is 26.3. The summed E-state index contributed by atoms with van der Waals surface area (Å²) >= 11 is 1.67. The van der Waals surface area contributed by atoms with Gasteiger partial charge in [0.2, 0.25) is 5.75 Å². The third-order valence-corrected chi connectivity index (χ3v) is 5.81. The molecule has 2 amide bonds. The van der Waals surface area contributed by atoms with Crippen LogP contribution >= 0.6 is 11.8 Å². The lowest BCUT2D eigenvalue weighted by Crippen LogP contribution is -2.42. The fourth-order valence-electron chi connectivity index (χ4n) is 3.27. The van der Waals surface area contributed by atoms with Crippen LogP contribution in [-0.4, -0.2) is 57.5 Å². The minimum Gasteiger partial charge on any atom is -0.493 e. The number of nitrogens with one attached hydrogen (secondary N) is 4. The van der Waals surface area contributed by atoms with Gasteiger partial charge in [-0.1, -0.05) is 12.1 Å². The number of hydrogen-bond donors (Lipinski definition) is 4. The standard InChI is InChI=1S/C23H29N5O5S/c1-31-19-10-9-17(20(32-2)21(19)33-3)22(29)24-11-12-28-14-18(26-27-28)23(30)25-13-15-5-7-16(34-4)8-6-15/h5-10,14,26-27H,11-13H2,1-4H3,(H,24,29)(H,25,30). The predicted molar refractivity (Wildman–Crippen MR) is 130 cm³/mol. The van der Waals surface area contributed by atoms with Crippen LogP contribution in [0.2, 0.25) is 0 Å². The Labute approximate surface area is 202 Å². The van der Waals surface area contributed by atoms with Crippen LogP contribution in [0.5, 0.6) is 17.2 Å². The number of carbonyl (C=O) groups is 2. The molecule has 0 unspecified atom stereocenters. The summed E-state index contributed by atoms with van der Waals surface area (Å²) in [5.74, 6) is 0.558. The van der Waals surface area contributed by atoms with Gasteiger partial charge < -0.3 is 24.8 Å². The molecule has 3 rings (SSSR count). The summed E-state index contributed by atoms with van der Waals surface area (Å²) < 4.78 is 15.9. The number of benzene rings is 2. The van der Waals surface area contributed by atoms with E-state index in [1.54, 1.807) is 35.1 Å². The van der Waals surface area contributed by atoms with Crippen molar-refractivity contribution in [1.29, 1.82) is 0 Å². The average molecular weight is 488 g/mol. The van der Waals surface area contributed by atoms with Gasteiger partial charge in [0.25, 0.3) is 11.8 Å². The van der Waals surface area contributed by atoms with E-state index in [0.717, 1.165) is 5.56 Å². The van der Waals surface area contributed by atoms with Crippen molar-refractivity contribution in [2.45, 2.75) is 11.4 Å². The monoisotopic (exact) mass is 487 g/mol. The summed E-state index contributed by atoms with van der Waals surface area (Å²) in [6.45, 7) is 1.16. The van der Waals surface area contributed by atoms with Gasteiger partial charge in [-0.25, -0.2) is 0 Å². The van der Waals surface area contributed by atoms with Crippen LogP contribution < -0.4 is 35.8 Å². The number of hydrazine groups is 2. The highest BCUT2D eigenvalue weighted by Gasteiger charge is 2.21. The van der Waals surface area contributed by atoms with Crippen LogP contribution in [0.3, 0.4) is 0 Å². The van der Waals surface area contributed by atoms with Gasteiger partial charge in [-0.2, -0.15) is 0 Å². The molecule has 2 aromatic rings. The van der Waals surface area contributed by atoms with E-state index in [1.807, 2.05) is 30.5 Å². The molecule has 34 heavy (non-hydrogen) atoms. The molecule has 0 saturated carbocycles. The lowest BCUT2D eigenvalue weighted by atomic mass is 10.1. The van der Waals surface area contributed by atoms with E-state index in [0.29, 0.717) is 48.1 Å². The van der Waals surface area contributed by atoms with E-state index in [9.17, 15) is 9.59 Å². The first-order chi connectivity index (χ1) is 16.5. The predicted octanol–water partition coefficient (Wildman–Crippen LogP) is 1.65. The maximum absolute atomic E-state index is 12.7. The van der Waals surface area contributed by atoms with E-state index in [1.165, 1.54) is 26.2 Å². The second-order valence-corrected chi connectivity index (χ2v) is 8.02. The number of nitrogens with zero attached hydrogens (tertiary/aromatic N) is 1. The van der Waals surface area contributed by atoms with Crippen LogP contribution in [0, 0.1) is 0 Å². The SMILES string of the molecule is COc1ccc(C(=O)NCCN2C=C(C(=O)NCc3ccc(SC)cc3)NN2)c(OC)c1OC. The minimum atomic E-state index is -0.320. The number of rotatable bonds is 11. The van der Waals surface area contributed by atoms with Crippen molar-refractivity contribution in [2.24, 2.45) is 0 Å². The topological polar surface area (TPSA) is 113 Å². The highest BCUT2D eigenvalue weighted by Crippen LogP contribution is 2.39. The minimum absolute atomic E-state index is 0.233. The van der Waals surface area contributed by atoms with Crippen molar-refractivity contribution in [3.05, 3.63) is 59.4 Å². The molecule has 1 heterocycles. The molecule has 0 fully saturated rings. The summed E-state index contributed by atoms with van der Waals surface area (Å²) in [7, 11) is 4.46. The first-order valence-electron chi connectivity index (χ1n) is 10.5. The Hall–Kier alpha value is -3.57. The van der Waals surface area contributed by atoms with Gasteiger partial charge in [-0.15, -0.1) is 17.3 Å². The van der Waals surface area contributed by atoms with Crippen molar-refractivity contribution < 1.29 is 23.8 Å². The zero-order valence-corrected chi connectivity index (χ0v) is 20.4. The Morgan fingerprint density at radius 1 is 0.941 bits per heavy atom. The fourth-order valence-corrected chi connectivity index (χ4v) is 3.68. The van der Waals surface area contributed by atoms with Gasteiger partial charge in [0.1, 0.15) is 5.70 Å². The van der Waals surface area contributed by atoms with Gasteiger partial charge in [-0.05, 0) is 36.1 Å². The first kappa shape index (κ1) is 25.1. The molecule has 182 valence electrons. The number of thioether (sulfide) groups is 1. The van der Waals surface area contributed by atoms with Crippen LogP contribution in [0.4, 0.5) is 0 Å². The van der Waals surface area contributed by atoms with Crippen LogP contribution in [0.1, 0.15) is 15.9 Å². The molecule has 1 aliphatic heterocycles. The molecule has 11 heteroatoms. The highest BCUT2D eigenvalue weighted by molar-refractivity contribution is 7.98. The Morgan fingerprint density at radius 3 is 2.32 bits per heavy atom.